The molecular weight excluding hydrogens is 282 g/mol. The summed E-state index contributed by atoms with van der Waals surface area (Å²) in [6, 6.07) is 8.41. The number of hydrogen-bond acceptors (Lipinski definition) is 4. The number of carboxylic acids is 1. The van der Waals surface area contributed by atoms with Crippen molar-refractivity contribution >= 4 is 46.3 Å². The third-order valence-corrected chi connectivity index (χ3v) is 4.00. The molecule has 1 unspecified atom stereocenters. The third kappa shape index (κ3) is 2.85. The minimum Gasteiger partial charge on any atom is -0.480 e. The summed E-state index contributed by atoms with van der Waals surface area (Å²) in [6.07, 6.45) is 1.72. The van der Waals surface area contributed by atoms with E-state index < -0.39 is 12.0 Å². The van der Waals surface area contributed by atoms with E-state index >= 15 is 0 Å². The quantitative estimate of drug-likeness (QED) is 0.685. The first-order chi connectivity index (χ1) is 9.00. The molecule has 1 aromatic rings. The smallest absolute Gasteiger partial charge is 0.326 e. The van der Waals surface area contributed by atoms with E-state index in [1.807, 2.05) is 30.3 Å². The molecular formula is C13H11NO3S2. The molecule has 1 aliphatic rings. The largest absolute Gasteiger partial charge is 0.480 e. The summed E-state index contributed by atoms with van der Waals surface area (Å²) < 4.78 is 0.280. The van der Waals surface area contributed by atoms with Gasteiger partial charge in [0.2, 0.25) is 0 Å². The Bertz CT molecular complexity index is 569. The molecule has 1 amide bonds. The topological polar surface area (TPSA) is 57.6 Å². The minimum atomic E-state index is -1.07. The van der Waals surface area contributed by atoms with Crippen LogP contribution in [0.2, 0.25) is 0 Å². The van der Waals surface area contributed by atoms with Gasteiger partial charge in [-0.1, -0.05) is 54.3 Å². The molecule has 0 spiro atoms. The van der Waals surface area contributed by atoms with Crippen molar-refractivity contribution in [1.29, 1.82) is 0 Å². The molecule has 1 aliphatic heterocycles. The predicted octanol–water partition coefficient (Wildman–Crippen LogP) is 2.36. The standard InChI is InChI=1S/C13H11NO3S2/c1-8(12(16)17)14-11(15)10(19-13(14)18)7-9-5-3-2-4-6-9/h2-8H,1H3,(H,16,17)/b10-7-. The number of nitrogens with zero attached hydrogens (tertiary/aromatic N) is 1. The van der Waals surface area contributed by atoms with Gasteiger partial charge < -0.3 is 5.11 Å². The van der Waals surface area contributed by atoms with Gasteiger partial charge in [-0.25, -0.2) is 4.79 Å². The lowest BCUT2D eigenvalue weighted by molar-refractivity contribution is -0.144. The molecule has 2 rings (SSSR count). The molecule has 6 heteroatoms. The summed E-state index contributed by atoms with van der Waals surface area (Å²) in [7, 11) is 0. The molecule has 1 saturated heterocycles. The Morgan fingerprint density at radius 2 is 2.05 bits per heavy atom. The third-order valence-electron chi connectivity index (χ3n) is 2.67. The molecule has 1 N–H and O–H groups in total. The van der Waals surface area contributed by atoms with Crippen molar-refractivity contribution in [3.63, 3.8) is 0 Å². The molecule has 1 atom stereocenters. The van der Waals surface area contributed by atoms with Crippen molar-refractivity contribution in [3.05, 3.63) is 40.8 Å². The van der Waals surface area contributed by atoms with E-state index in [9.17, 15) is 9.59 Å². The predicted molar refractivity (Wildman–Crippen MR) is 78.6 cm³/mol. The minimum absolute atomic E-state index is 0.280. The number of carbonyl (C=O) groups is 2. The van der Waals surface area contributed by atoms with E-state index in [1.165, 1.54) is 6.92 Å². The molecule has 4 nitrogen and oxygen atoms in total. The Morgan fingerprint density at radius 1 is 1.42 bits per heavy atom. The van der Waals surface area contributed by atoms with Crippen molar-refractivity contribution in [2.75, 3.05) is 0 Å². The highest BCUT2D eigenvalue weighted by Crippen LogP contribution is 2.33. The Hall–Kier alpha value is -1.66. The Morgan fingerprint density at radius 3 is 2.63 bits per heavy atom. The van der Waals surface area contributed by atoms with E-state index in [-0.39, 0.29) is 10.2 Å². The Labute approximate surface area is 120 Å². The van der Waals surface area contributed by atoms with Crippen LogP contribution in [0.4, 0.5) is 0 Å². The van der Waals surface area contributed by atoms with Gasteiger partial charge in [0.15, 0.2) is 0 Å². The number of thioether (sulfide) groups is 1. The summed E-state index contributed by atoms with van der Waals surface area (Å²) in [6.45, 7) is 1.44. The molecule has 1 aromatic carbocycles. The SMILES string of the molecule is CC(C(=O)O)N1C(=O)/C(=C/c2ccccc2)SC1=S. The fourth-order valence-electron chi connectivity index (χ4n) is 1.62. The maximum Gasteiger partial charge on any atom is 0.326 e. The summed E-state index contributed by atoms with van der Waals surface area (Å²) in [5.41, 5.74) is 0.881. The van der Waals surface area contributed by atoms with Gasteiger partial charge in [-0.15, -0.1) is 0 Å². The van der Waals surface area contributed by atoms with Crippen molar-refractivity contribution < 1.29 is 14.7 Å². The van der Waals surface area contributed by atoms with E-state index in [0.29, 0.717) is 4.91 Å². The van der Waals surface area contributed by atoms with Gasteiger partial charge in [0, 0.05) is 0 Å². The van der Waals surface area contributed by atoms with Crippen molar-refractivity contribution in [3.8, 4) is 0 Å². The summed E-state index contributed by atoms with van der Waals surface area (Å²) in [5, 5.41) is 8.97. The van der Waals surface area contributed by atoms with E-state index in [1.54, 1.807) is 6.08 Å². The van der Waals surface area contributed by atoms with Crippen LogP contribution in [0.3, 0.4) is 0 Å². The number of benzene rings is 1. The summed E-state index contributed by atoms with van der Waals surface area (Å²) >= 11 is 6.20. The molecule has 19 heavy (non-hydrogen) atoms. The van der Waals surface area contributed by atoms with E-state index in [0.717, 1.165) is 22.2 Å². The lowest BCUT2D eigenvalue weighted by Crippen LogP contribution is -2.41. The van der Waals surface area contributed by atoms with Crippen LogP contribution in [-0.2, 0) is 9.59 Å². The number of aliphatic carboxylic acids is 1. The number of thiocarbonyl (C=S) groups is 1. The van der Waals surface area contributed by atoms with Crippen LogP contribution < -0.4 is 0 Å². The second kappa shape index (κ2) is 5.54. The molecule has 0 aliphatic carbocycles. The van der Waals surface area contributed by atoms with Crippen LogP contribution in [0.5, 0.6) is 0 Å². The first-order valence-electron chi connectivity index (χ1n) is 5.55. The monoisotopic (exact) mass is 293 g/mol. The lowest BCUT2D eigenvalue weighted by atomic mass is 10.2. The first kappa shape index (κ1) is 13.8. The summed E-state index contributed by atoms with van der Waals surface area (Å²) in [5.74, 6) is -1.42. The fourth-order valence-corrected chi connectivity index (χ4v) is 3.04. The van der Waals surface area contributed by atoms with Gasteiger partial charge >= 0.3 is 5.97 Å². The maximum absolute atomic E-state index is 12.2. The highest BCUT2D eigenvalue weighted by Gasteiger charge is 2.38. The van der Waals surface area contributed by atoms with Crippen molar-refractivity contribution in [2.45, 2.75) is 13.0 Å². The maximum atomic E-state index is 12.2. The average molecular weight is 293 g/mol. The highest BCUT2D eigenvalue weighted by atomic mass is 32.2. The molecule has 0 saturated carbocycles. The van der Waals surface area contributed by atoms with Crippen LogP contribution in [0.1, 0.15) is 12.5 Å². The van der Waals surface area contributed by atoms with Crippen LogP contribution in [0, 0.1) is 0 Å². The number of hydrogen-bond donors (Lipinski definition) is 1. The first-order valence-corrected chi connectivity index (χ1v) is 6.78. The van der Waals surface area contributed by atoms with Gasteiger partial charge in [-0.05, 0) is 18.6 Å². The van der Waals surface area contributed by atoms with Crippen LogP contribution in [0.25, 0.3) is 6.08 Å². The zero-order chi connectivity index (χ0) is 14.0. The zero-order valence-corrected chi connectivity index (χ0v) is 11.7. The Balaban J connectivity index is 2.28. The van der Waals surface area contributed by atoms with Crippen molar-refractivity contribution in [1.82, 2.24) is 4.90 Å². The average Bonchev–Trinajstić information content (AvgIpc) is 2.65. The molecule has 98 valence electrons. The molecule has 0 aromatic heterocycles. The normalized spacial score (nSPS) is 19.0. The van der Waals surface area contributed by atoms with Gasteiger partial charge in [-0.3, -0.25) is 9.69 Å². The summed E-state index contributed by atoms with van der Waals surface area (Å²) in [4.78, 5) is 24.7. The Kier molecular flexibility index (Phi) is 4.01. The number of rotatable bonds is 3. The van der Waals surface area contributed by atoms with Gasteiger partial charge in [0.1, 0.15) is 10.4 Å². The molecule has 1 fully saturated rings. The molecule has 0 radical (unpaired) electrons. The second-order valence-electron chi connectivity index (χ2n) is 3.98. The van der Waals surface area contributed by atoms with E-state index in [4.69, 9.17) is 17.3 Å². The van der Waals surface area contributed by atoms with Gasteiger partial charge in [0.05, 0.1) is 4.91 Å². The van der Waals surface area contributed by atoms with Crippen LogP contribution >= 0.6 is 24.0 Å². The fraction of sp³-hybridized carbons (Fsp3) is 0.154. The molecule has 1 heterocycles. The van der Waals surface area contributed by atoms with Crippen molar-refractivity contribution in [2.24, 2.45) is 0 Å². The molecule has 0 bridgehead atoms. The van der Waals surface area contributed by atoms with E-state index in [2.05, 4.69) is 0 Å². The number of amides is 1. The second-order valence-corrected chi connectivity index (χ2v) is 5.65. The van der Waals surface area contributed by atoms with Gasteiger partial charge in [0.25, 0.3) is 5.91 Å². The van der Waals surface area contributed by atoms with Crippen LogP contribution in [-0.4, -0.2) is 32.2 Å². The number of carbonyl (C=O) groups excluding carboxylic acids is 1. The lowest BCUT2D eigenvalue weighted by Gasteiger charge is -2.18. The van der Waals surface area contributed by atoms with Gasteiger partial charge in [-0.2, -0.15) is 0 Å². The highest BCUT2D eigenvalue weighted by molar-refractivity contribution is 8.26. The zero-order valence-electron chi connectivity index (χ0n) is 10.1. The van der Waals surface area contributed by atoms with Crippen LogP contribution in [0.15, 0.2) is 35.2 Å². The number of carboxylic acid groups (broad SMARTS) is 1.